The fourth-order valence-electron chi connectivity index (χ4n) is 2.78. The van der Waals surface area contributed by atoms with Gasteiger partial charge in [-0.1, -0.05) is 27.7 Å². The zero-order valence-corrected chi connectivity index (χ0v) is 11.6. The summed E-state index contributed by atoms with van der Waals surface area (Å²) >= 11 is 0. The molecular weight excluding hydrogens is 196 g/mol. The molecule has 0 amide bonds. The molecule has 2 heteroatoms. The fraction of sp³-hybridized carbons (Fsp3) is 1.00. The maximum Gasteiger partial charge on any atom is -0.00156 e. The van der Waals surface area contributed by atoms with E-state index in [0.29, 0.717) is 0 Å². The lowest BCUT2D eigenvalue weighted by atomic mass is 9.85. The summed E-state index contributed by atoms with van der Waals surface area (Å²) in [5.74, 6) is 3.33. The molecule has 1 aliphatic rings. The second kappa shape index (κ2) is 7.29. The molecule has 0 radical (unpaired) electrons. The van der Waals surface area contributed by atoms with E-state index < -0.39 is 0 Å². The smallest absolute Gasteiger partial charge is 0.00156 e. The first kappa shape index (κ1) is 14.0. The van der Waals surface area contributed by atoms with E-state index >= 15 is 0 Å². The predicted molar refractivity (Wildman–Crippen MR) is 71.6 cm³/mol. The van der Waals surface area contributed by atoms with E-state index in [2.05, 4.69) is 38.3 Å². The highest BCUT2D eigenvalue weighted by Gasteiger charge is 2.17. The van der Waals surface area contributed by atoms with Crippen molar-refractivity contribution in [3.63, 3.8) is 0 Å². The van der Waals surface area contributed by atoms with Gasteiger partial charge in [0.05, 0.1) is 0 Å². The van der Waals surface area contributed by atoms with Crippen molar-refractivity contribution in [2.75, 3.05) is 26.2 Å². The highest BCUT2D eigenvalue weighted by atomic mass is 14.9. The summed E-state index contributed by atoms with van der Waals surface area (Å²) in [6, 6.07) is 0. The van der Waals surface area contributed by atoms with Crippen LogP contribution in [0, 0.1) is 23.7 Å². The maximum atomic E-state index is 3.65. The van der Waals surface area contributed by atoms with Gasteiger partial charge in [0, 0.05) is 0 Å². The molecule has 2 N–H and O–H groups in total. The van der Waals surface area contributed by atoms with Crippen LogP contribution in [-0.4, -0.2) is 26.2 Å². The molecule has 1 aliphatic heterocycles. The van der Waals surface area contributed by atoms with Gasteiger partial charge in [0.1, 0.15) is 0 Å². The van der Waals surface area contributed by atoms with Crippen LogP contribution >= 0.6 is 0 Å². The summed E-state index contributed by atoms with van der Waals surface area (Å²) in [7, 11) is 0. The van der Waals surface area contributed by atoms with Gasteiger partial charge in [-0.3, -0.25) is 0 Å². The minimum Gasteiger partial charge on any atom is -0.316 e. The van der Waals surface area contributed by atoms with Crippen LogP contribution in [0.3, 0.4) is 0 Å². The molecule has 0 saturated carbocycles. The topological polar surface area (TPSA) is 24.1 Å². The third-order valence-corrected chi connectivity index (χ3v) is 3.98. The molecule has 96 valence electrons. The van der Waals surface area contributed by atoms with Crippen molar-refractivity contribution in [1.82, 2.24) is 10.6 Å². The van der Waals surface area contributed by atoms with Gasteiger partial charge in [0.25, 0.3) is 0 Å². The SMILES string of the molecule is CC(C)C(CNCCC1CCNC1)C(C)C. The Kier molecular flexibility index (Phi) is 6.37. The summed E-state index contributed by atoms with van der Waals surface area (Å²) in [6.07, 6.45) is 2.72. The first-order valence-corrected chi connectivity index (χ1v) is 7.02. The summed E-state index contributed by atoms with van der Waals surface area (Å²) in [6.45, 7) is 14.2. The van der Waals surface area contributed by atoms with Crippen LogP contribution in [0.1, 0.15) is 40.5 Å². The quantitative estimate of drug-likeness (QED) is 0.652. The Balaban J connectivity index is 2.08. The van der Waals surface area contributed by atoms with Gasteiger partial charge < -0.3 is 10.6 Å². The molecule has 1 rings (SSSR count). The minimum absolute atomic E-state index is 0.792. The molecule has 1 heterocycles. The second-order valence-electron chi connectivity index (χ2n) is 6.00. The van der Waals surface area contributed by atoms with Crippen molar-refractivity contribution in [2.45, 2.75) is 40.5 Å². The van der Waals surface area contributed by atoms with Crippen molar-refractivity contribution in [2.24, 2.45) is 23.7 Å². The molecule has 2 nitrogen and oxygen atoms in total. The molecular formula is C14H30N2. The van der Waals surface area contributed by atoms with E-state index in [1.165, 1.54) is 39.0 Å². The highest BCUT2D eigenvalue weighted by molar-refractivity contribution is 4.73. The van der Waals surface area contributed by atoms with Crippen molar-refractivity contribution in [3.05, 3.63) is 0 Å². The Labute approximate surface area is 102 Å². The third kappa shape index (κ3) is 4.84. The van der Waals surface area contributed by atoms with Gasteiger partial charge in [0.2, 0.25) is 0 Å². The molecule has 16 heavy (non-hydrogen) atoms. The number of hydrogen-bond acceptors (Lipinski definition) is 2. The third-order valence-electron chi connectivity index (χ3n) is 3.98. The van der Waals surface area contributed by atoms with Gasteiger partial charge in [0.15, 0.2) is 0 Å². The van der Waals surface area contributed by atoms with Crippen LogP contribution < -0.4 is 10.6 Å². The Bertz CT molecular complexity index is 164. The Morgan fingerprint density at radius 2 is 1.88 bits per heavy atom. The molecule has 1 atom stereocenters. The van der Waals surface area contributed by atoms with Gasteiger partial charge in [-0.25, -0.2) is 0 Å². The Hall–Kier alpha value is -0.0800. The van der Waals surface area contributed by atoms with Gasteiger partial charge in [-0.05, 0) is 62.7 Å². The molecule has 0 aliphatic carbocycles. The van der Waals surface area contributed by atoms with Gasteiger partial charge in [-0.2, -0.15) is 0 Å². The van der Waals surface area contributed by atoms with Crippen LogP contribution in [0.2, 0.25) is 0 Å². The molecule has 0 spiro atoms. The van der Waals surface area contributed by atoms with Crippen molar-refractivity contribution >= 4 is 0 Å². The lowest BCUT2D eigenvalue weighted by Gasteiger charge is -2.25. The second-order valence-corrected chi connectivity index (χ2v) is 6.00. The standard InChI is InChI=1S/C14H30N2/c1-11(2)14(12(3)4)10-16-8-6-13-5-7-15-9-13/h11-16H,5-10H2,1-4H3. The Morgan fingerprint density at radius 1 is 1.19 bits per heavy atom. The monoisotopic (exact) mass is 226 g/mol. The summed E-state index contributed by atoms with van der Waals surface area (Å²) in [4.78, 5) is 0. The predicted octanol–water partition coefficient (Wildman–Crippen LogP) is 2.50. The molecule has 0 bridgehead atoms. The number of hydrogen-bond donors (Lipinski definition) is 2. The summed E-state index contributed by atoms with van der Waals surface area (Å²) in [5.41, 5.74) is 0. The lowest BCUT2D eigenvalue weighted by Crippen LogP contribution is -2.31. The van der Waals surface area contributed by atoms with E-state index in [4.69, 9.17) is 0 Å². The Morgan fingerprint density at radius 3 is 2.38 bits per heavy atom. The van der Waals surface area contributed by atoms with Crippen LogP contribution in [-0.2, 0) is 0 Å². The van der Waals surface area contributed by atoms with Crippen LogP contribution in [0.25, 0.3) is 0 Å². The van der Waals surface area contributed by atoms with E-state index in [1.54, 1.807) is 0 Å². The molecule has 0 aromatic rings. The lowest BCUT2D eigenvalue weighted by molar-refractivity contribution is 0.274. The van der Waals surface area contributed by atoms with Crippen LogP contribution in [0.4, 0.5) is 0 Å². The molecule has 1 saturated heterocycles. The molecule has 0 aromatic heterocycles. The van der Waals surface area contributed by atoms with E-state index in [-0.39, 0.29) is 0 Å². The van der Waals surface area contributed by atoms with E-state index in [1.807, 2.05) is 0 Å². The van der Waals surface area contributed by atoms with Crippen molar-refractivity contribution < 1.29 is 0 Å². The molecule has 1 unspecified atom stereocenters. The van der Waals surface area contributed by atoms with E-state index in [9.17, 15) is 0 Å². The maximum absolute atomic E-state index is 3.65. The van der Waals surface area contributed by atoms with Crippen LogP contribution in [0.5, 0.6) is 0 Å². The number of rotatable bonds is 7. The van der Waals surface area contributed by atoms with Crippen LogP contribution in [0.15, 0.2) is 0 Å². The molecule has 0 aromatic carbocycles. The zero-order chi connectivity index (χ0) is 12.0. The van der Waals surface area contributed by atoms with Gasteiger partial charge in [-0.15, -0.1) is 0 Å². The fourth-order valence-corrected chi connectivity index (χ4v) is 2.78. The summed E-state index contributed by atoms with van der Waals surface area (Å²) < 4.78 is 0. The van der Waals surface area contributed by atoms with Crippen molar-refractivity contribution in [1.29, 1.82) is 0 Å². The average Bonchev–Trinajstić information content (AvgIpc) is 2.68. The minimum atomic E-state index is 0.792. The highest BCUT2D eigenvalue weighted by Crippen LogP contribution is 2.19. The van der Waals surface area contributed by atoms with Gasteiger partial charge >= 0.3 is 0 Å². The normalized spacial score (nSPS) is 21.6. The van der Waals surface area contributed by atoms with Crippen molar-refractivity contribution in [3.8, 4) is 0 Å². The van der Waals surface area contributed by atoms with E-state index in [0.717, 1.165) is 23.7 Å². The summed E-state index contributed by atoms with van der Waals surface area (Å²) in [5, 5.41) is 7.08. The molecule has 1 fully saturated rings. The first-order chi connectivity index (χ1) is 7.61. The largest absolute Gasteiger partial charge is 0.316 e. The number of nitrogens with one attached hydrogen (secondary N) is 2. The first-order valence-electron chi connectivity index (χ1n) is 7.02. The average molecular weight is 226 g/mol. The zero-order valence-electron chi connectivity index (χ0n) is 11.6.